The summed E-state index contributed by atoms with van der Waals surface area (Å²) in [5.41, 5.74) is 0.490. The lowest BCUT2D eigenvalue weighted by Crippen LogP contribution is -2.50. The number of furan rings is 1. The number of hydrazone groups is 1. The first-order valence-corrected chi connectivity index (χ1v) is 9.69. The van der Waals surface area contributed by atoms with Crippen LogP contribution in [0.4, 0.5) is 0 Å². The van der Waals surface area contributed by atoms with Gasteiger partial charge < -0.3 is 4.42 Å². The predicted octanol–water partition coefficient (Wildman–Crippen LogP) is 2.33. The third-order valence-electron chi connectivity index (χ3n) is 3.81. The first kappa shape index (κ1) is 16.4. The molecule has 6 nitrogen and oxygen atoms in total. The maximum Gasteiger partial charge on any atom is 0.276 e. The van der Waals surface area contributed by atoms with E-state index in [0.717, 1.165) is 22.7 Å². The molecule has 0 radical (unpaired) electrons. The largest absolute Gasteiger partial charge is 0.450 e. The Morgan fingerprint density at radius 2 is 2.16 bits per heavy atom. The van der Waals surface area contributed by atoms with Crippen molar-refractivity contribution in [2.24, 2.45) is 10.1 Å². The second-order valence-electron chi connectivity index (χ2n) is 5.56. The zero-order valence-electron chi connectivity index (χ0n) is 13.4. The van der Waals surface area contributed by atoms with E-state index in [1.54, 1.807) is 5.01 Å². The van der Waals surface area contributed by atoms with E-state index in [1.807, 2.05) is 36.4 Å². The van der Waals surface area contributed by atoms with E-state index in [4.69, 9.17) is 9.41 Å². The molecule has 8 heteroatoms. The molecule has 2 aromatic rings. The molecule has 0 fully saturated rings. The Hall–Kier alpha value is -2.06. The van der Waals surface area contributed by atoms with Crippen LogP contribution < -0.4 is 15.9 Å². The molecular formula is C17H15BrN4O2S. The minimum Gasteiger partial charge on any atom is -0.450 e. The number of nitrogens with one attached hydrogen (secondary N) is 1. The van der Waals surface area contributed by atoms with Gasteiger partial charge in [0.25, 0.3) is 5.91 Å². The molecule has 25 heavy (non-hydrogen) atoms. The minimum atomic E-state index is -0.514. The highest BCUT2D eigenvalue weighted by Gasteiger charge is 2.35. The molecule has 0 saturated carbocycles. The molecular weight excluding hydrogens is 404 g/mol. The van der Waals surface area contributed by atoms with E-state index in [2.05, 4.69) is 33.3 Å². The van der Waals surface area contributed by atoms with Crippen LogP contribution in [0.1, 0.15) is 25.3 Å². The van der Waals surface area contributed by atoms with Crippen molar-refractivity contribution in [3.05, 3.63) is 57.4 Å². The third-order valence-corrected chi connectivity index (χ3v) is 5.30. The molecule has 0 spiro atoms. The van der Waals surface area contributed by atoms with Crippen LogP contribution in [0.2, 0.25) is 0 Å². The lowest BCUT2D eigenvalue weighted by molar-refractivity contribution is -0.116. The highest BCUT2D eigenvalue weighted by molar-refractivity contribution is 9.10. The van der Waals surface area contributed by atoms with Crippen molar-refractivity contribution in [2.75, 3.05) is 5.75 Å². The Labute approximate surface area is 156 Å². The molecule has 4 rings (SSSR count). The quantitative estimate of drug-likeness (QED) is 0.829. The molecule has 3 heterocycles. The van der Waals surface area contributed by atoms with E-state index < -0.39 is 6.17 Å². The van der Waals surface area contributed by atoms with Crippen LogP contribution in [-0.4, -0.2) is 21.8 Å². The molecule has 2 aliphatic heterocycles. The Bertz CT molecular complexity index is 985. The summed E-state index contributed by atoms with van der Waals surface area (Å²) in [6.07, 6.45) is 0.484. The fourth-order valence-corrected chi connectivity index (χ4v) is 3.77. The SMILES string of the molecule is CCCSC1=NN2C(=c3ccccc3=NC2c2ccc(Br)o2)C(=O)N1. The lowest BCUT2D eigenvalue weighted by Gasteiger charge is -2.32. The molecule has 128 valence electrons. The standard InChI is InChI=1S/C17H15BrN4O2S/c1-2-9-25-17-20-16(23)14-10-5-3-4-6-11(10)19-15(22(14)21-17)12-7-8-13(18)24-12/h3-8,15H,2,9H2,1H3,(H,20,21,23). The molecule has 1 N–H and O–H groups in total. The van der Waals surface area contributed by atoms with Crippen molar-refractivity contribution >= 4 is 44.5 Å². The minimum absolute atomic E-state index is 0.174. The van der Waals surface area contributed by atoms with Crippen molar-refractivity contribution in [3.8, 4) is 0 Å². The number of thioether (sulfide) groups is 1. The van der Waals surface area contributed by atoms with Crippen LogP contribution in [0.15, 0.2) is 55.6 Å². The van der Waals surface area contributed by atoms with Gasteiger partial charge in [0.05, 0.1) is 5.36 Å². The summed E-state index contributed by atoms with van der Waals surface area (Å²) < 4.78 is 6.31. The third kappa shape index (κ3) is 3.00. The lowest BCUT2D eigenvalue weighted by atomic mass is 10.1. The number of hydrogen-bond donors (Lipinski definition) is 1. The number of rotatable bonds is 3. The van der Waals surface area contributed by atoms with Crippen molar-refractivity contribution in [3.63, 3.8) is 0 Å². The van der Waals surface area contributed by atoms with E-state index in [1.165, 1.54) is 11.8 Å². The summed E-state index contributed by atoms with van der Waals surface area (Å²) in [4.78, 5) is 17.5. The van der Waals surface area contributed by atoms with Gasteiger partial charge in [-0.3, -0.25) is 10.1 Å². The van der Waals surface area contributed by atoms with Crippen LogP contribution in [0.5, 0.6) is 0 Å². The Morgan fingerprint density at radius 3 is 2.92 bits per heavy atom. The Balaban J connectivity index is 1.89. The average Bonchev–Trinajstić information content (AvgIpc) is 3.05. The van der Waals surface area contributed by atoms with Crippen molar-refractivity contribution < 1.29 is 9.21 Å². The van der Waals surface area contributed by atoms with Gasteiger partial charge in [0.2, 0.25) is 6.17 Å². The molecule has 0 bridgehead atoms. The maximum atomic E-state index is 12.8. The molecule has 0 aliphatic carbocycles. The number of benzene rings is 1. The number of amidine groups is 1. The van der Waals surface area contributed by atoms with Gasteiger partial charge in [0, 0.05) is 11.0 Å². The molecule has 1 atom stereocenters. The summed E-state index contributed by atoms with van der Waals surface area (Å²) in [5.74, 6) is 1.33. The van der Waals surface area contributed by atoms with E-state index in [-0.39, 0.29) is 5.91 Å². The first-order valence-electron chi connectivity index (χ1n) is 7.92. The monoisotopic (exact) mass is 418 g/mol. The van der Waals surface area contributed by atoms with Gasteiger partial charge in [-0.25, -0.2) is 10.0 Å². The van der Waals surface area contributed by atoms with Gasteiger partial charge in [0.15, 0.2) is 15.6 Å². The molecule has 2 aliphatic rings. The Morgan fingerprint density at radius 1 is 1.32 bits per heavy atom. The van der Waals surface area contributed by atoms with Crippen LogP contribution in [0.25, 0.3) is 5.70 Å². The predicted molar refractivity (Wildman–Crippen MR) is 99.9 cm³/mol. The van der Waals surface area contributed by atoms with Crippen LogP contribution in [0.3, 0.4) is 0 Å². The summed E-state index contributed by atoms with van der Waals surface area (Å²) >= 11 is 4.85. The second kappa shape index (κ2) is 6.68. The van der Waals surface area contributed by atoms with Crippen molar-refractivity contribution in [2.45, 2.75) is 19.5 Å². The number of carbonyl (C=O) groups is 1. The topological polar surface area (TPSA) is 70.2 Å². The van der Waals surface area contributed by atoms with Crippen LogP contribution in [-0.2, 0) is 4.79 Å². The zero-order valence-corrected chi connectivity index (χ0v) is 15.8. The van der Waals surface area contributed by atoms with Gasteiger partial charge in [-0.15, -0.1) is 5.10 Å². The van der Waals surface area contributed by atoms with Crippen molar-refractivity contribution in [1.82, 2.24) is 10.3 Å². The summed E-state index contributed by atoms with van der Waals surface area (Å²) in [6, 6.07) is 11.2. The fraction of sp³-hybridized carbons (Fsp3) is 0.235. The molecule has 1 aromatic heterocycles. The number of nitrogens with zero attached hydrogens (tertiary/aromatic N) is 3. The summed E-state index contributed by atoms with van der Waals surface area (Å²) in [5, 5.41) is 11.3. The molecule has 1 aromatic carbocycles. The number of amides is 1. The van der Waals surface area contributed by atoms with E-state index in [0.29, 0.717) is 21.3 Å². The van der Waals surface area contributed by atoms with E-state index in [9.17, 15) is 4.79 Å². The maximum absolute atomic E-state index is 12.8. The normalized spacial score (nSPS) is 18.9. The fourth-order valence-electron chi connectivity index (χ4n) is 2.74. The van der Waals surface area contributed by atoms with Gasteiger partial charge >= 0.3 is 0 Å². The highest BCUT2D eigenvalue weighted by atomic mass is 79.9. The zero-order chi connectivity index (χ0) is 17.4. The van der Waals surface area contributed by atoms with Crippen molar-refractivity contribution in [1.29, 1.82) is 0 Å². The van der Waals surface area contributed by atoms with Gasteiger partial charge in [-0.2, -0.15) is 0 Å². The molecule has 1 amide bonds. The average molecular weight is 419 g/mol. The van der Waals surface area contributed by atoms with Gasteiger partial charge in [-0.1, -0.05) is 36.9 Å². The number of fused-ring (bicyclic) bond motifs is 2. The summed E-state index contributed by atoms with van der Waals surface area (Å²) in [6.45, 7) is 2.09. The van der Waals surface area contributed by atoms with Gasteiger partial charge in [-0.05, 0) is 40.5 Å². The van der Waals surface area contributed by atoms with Crippen LogP contribution in [0, 0.1) is 0 Å². The van der Waals surface area contributed by atoms with Gasteiger partial charge in [0.1, 0.15) is 5.70 Å². The number of halogens is 1. The highest BCUT2D eigenvalue weighted by Crippen LogP contribution is 2.32. The molecule has 0 saturated heterocycles. The number of para-hydroxylation sites is 1. The smallest absolute Gasteiger partial charge is 0.276 e. The number of carbonyl (C=O) groups excluding carboxylic acids is 1. The Kier molecular flexibility index (Phi) is 4.39. The van der Waals surface area contributed by atoms with Crippen LogP contribution >= 0.6 is 27.7 Å². The number of hydrogen-bond acceptors (Lipinski definition) is 6. The second-order valence-corrected chi connectivity index (χ2v) is 7.43. The first-order chi connectivity index (χ1) is 12.2. The molecule has 1 unspecified atom stereocenters. The summed E-state index contributed by atoms with van der Waals surface area (Å²) in [7, 11) is 0. The van der Waals surface area contributed by atoms with E-state index >= 15 is 0 Å².